The van der Waals surface area contributed by atoms with Crippen molar-refractivity contribution in [1.82, 2.24) is 4.90 Å². The third-order valence-corrected chi connectivity index (χ3v) is 1.46. The fourth-order valence-corrected chi connectivity index (χ4v) is 0.482. The molecule has 0 aliphatic carbocycles. The Morgan fingerprint density at radius 2 is 2.30 bits per heavy atom. The molecule has 10 heavy (non-hydrogen) atoms. The predicted octanol–water partition coefficient (Wildman–Crippen LogP) is 0.0318. The summed E-state index contributed by atoms with van der Waals surface area (Å²) >= 11 is 0. The molecule has 0 aromatic carbocycles. The number of ether oxygens (including phenoxy) is 1. The summed E-state index contributed by atoms with van der Waals surface area (Å²) in [5.41, 5.74) is 5.32. The molecule has 0 aliphatic rings. The van der Waals surface area contributed by atoms with Crippen molar-refractivity contribution in [2.75, 3.05) is 20.7 Å². The van der Waals surface area contributed by atoms with E-state index in [0.29, 0.717) is 6.54 Å². The van der Waals surface area contributed by atoms with Crippen LogP contribution in [-0.2, 0) is 4.74 Å². The molecule has 4 heteroatoms. The molecule has 1 unspecified atom stereocenters. The van der Waals surface area contributed by atoms with Gasteiger partial charge < -0.3 is 15.4 Å². The summed E-state index contributed by atoms with van der Waals surface area (Å²) in [6, 6.07) is 0.0347. The maximum atomic E-state index is 10.8. The van der Waals surface area contributed by atoms with Gasteiger partial charge in [-0.05, 0) is 6.92 Å². The zero-order valence-corrected chi connectivity index (χ0v) is 6.63. The average Bonchev–Trinajstić information content (AvgIpc) is 2.00. The number of amides is 1. The van der Waals surface area contributed by atoms with E-state index in [-0.39, 0.29) is 12.1 Å². The number of carbonyl (C=O) groups is 1. The van der Waals surface area contributed by atoms with Crippen LogP contribution in [0.5, 0.6) is 0 Å². The van der Waals surface area contributed by atoms with Gasteiger partial charge in [-0.1, -0.05) is 0 Å². The maximum absolute atomic E-state index is 10.8. The summed E-state index contributed by atoms with van der Waals surface area (Å²) in [7, 11) is 3.01. The smallest absolute Gasteiger partial charge is 0.409 e. The van der Waals surface area contributed by atoms with Gasteiger partial charge in [0.2, 0.25) is 0 Å². The standard InChI is InChI=1S/C6H14N2O2/c1-5(4-7)8(2)6(9)10-3/h5H,4,7H2,1-3H3. The highest BCUT2D eigenvalue weighted by molar-refractivity contribution is 5.67. The second-order valence-electron chi connectivity index (χ2n) is 2.17. The van der Waals surface area contributed by atoms with Crippen LogP contribution in [0.15, 0.2) is 0 Å². The van der Waals surface area contributed by atoms with E-state index in [9.17, 15) is 4.79 Å². The van der Waals surface area contributed by atoms with Gasteiger partial charge in [0.05, 0.1) is 7.11 Å². The second kappa shape index (κ2) is 4.11. The van der Waals surface area contributed by atoms with Gasteiger partial charge >= 0.3 is 6.09 Å². The first-order valence-electron chi connectivity index (χ1n) is 3.14. The van der Waals surface area contributed by atoms with Crippen molar-refractivity contribution in [3.63, 3.8) is 0 Å². The first-order valence-corrected chi connectivity index (χ1v) is 3.14. The SMILES string of the molecule is COC(=O)N(C)C(C)CN. The lowest BCUT2D eigenvalue weighted by atomic mass is 10.3. The monoisotopic (exact) mass is 146 g/mol. The highest BCUT2D eigenvalue weighted by Crippen LogP contribution is 1.94. The van der Waals surface area contributed by atoms with Crippen molar-refractivity contribution in [1.29, 1.82) is 0 Å². The molecule has 60 valence electrons. The van der Waals surface area contributed by atoms with Crippen molar-refractivity contribution in [2.45, 2.75) is 13.0 Å². The number of hydrogen-bond donors (Lipinski definition) is 1. The minimum atomic E-state index is -0.349. The lowest BCUT2D eigenvalue weighted by molar-refractivity contribution is 0.121. The molecule has 2 N–H and O–H groups in total. The van der Waals surface area contributed by atoms with Crippen LogP contribution < -0.4 is 5.73 Å². The van der Waals surface area contributed by atoms with Gasteiger partial charge in [-0.3, -0.25) is 0 Å². The highest BCUT2D eigenvalue weighted by atomic mass is 16.5. The lowest BCUT2D eigenvalue weighted by Crippen LogP contribution is -2.39. The van der Waals surface area contributed by atoms with Crippen LogP contribution in [-0.4, -0.2) is 37.7 Å². The molecule has 0 fully saturated rings. The quantitative estimate of drug-likeness (QED) is 0.598. The summed E-state index contributed by atoms with van der Waals surface area (Å²) in [5.74, 6) is 0. The largest absolute Gasteiger partial charge is 0.453 e. The van der Waals surface area contributed by atoms with E-state index in [1.807, 2.05) is 6.92 Å². The van der Waals surface area contributed by atoms with E-state index >= 15 is 0 Å². The third kappa shape index (κ3) is 2.23. The molecular weight excluding hydrogens is 132 g/mol. The summed E-state index contributed by atoms with van der Waals surface area (Å²) in [4.78, 5) is 12.2. The Kier molecular flexibility index (Phi) is 3.79. The molecule has 0 radical (unpaired) electrons. The van der Waals surface area contributed by atoms with Gasteiger partial charge in [0.1, 0.15) is 0 Å². The molecule has 0 rings (SSSR count). The summed E-state index contributed by atoms with van der Waals surface area (Å²) in [6.07, 6.45) is -0.349. The van der Waals surface area contributed by atoms with Gasteiger partial charge in [-0.15, -0.1) is 0 Å². The van der Waals surface area contributed by atoms with Crippen LogP contribution in [0.25, 0.3) is 0 Å². The maximum Gasteiger partial charge on any atom is 0.409 e. The van der Waals surface area contributed by atoms with Crippen LogP contribution in [0.2, 0.25) is 0 Å². The molecule has 0 saturated carbocycles. The van der Waals surface area contributed by atoms with E-state index in [4.69, 9.17) is 5.73 Å². The molecule has 0 aliphatic heterocycles. The van der Waals surface area contributed by atoms with Gasteiger partial charge in [0.25, 0.3) is 0 Å². The Morgan fingerprint density at radius 1 is 1.80 bits per heavy atom. The van der Waals surface area contributed by atoms with E-state index < -0.39 is 0 Å². The number of nitrogens with zero attached hydrogens (tertiary/aromatic N) is 1. The van der Waals surface area contributed by atoms with Crippen molar-refractivity contribution in [3.8, 4) is 0 Å². The molecule has 0 bridgehead atoms. The molecular formula is C6H14N2O2. The van der Waals surface area contributed by atoms with Crippen LogP contribution in [0.1, 0.15) is 6.92 Å². The Hall–Kier alpha value is -0.770. The summed E-state index contributed by atoms with van der Waals surface area (Å²) in [5, 5.41) is 0. The van der Waals surface area contributed by atoms with Gasteiger partial charge in [0.15, 0.2) is 0 Å². The Morgan fingerprint density at radius 3 is 2.60 bits per heavy atom. The van der Waals surface area contributed by atoms with E-state index in [2.05, 4.69) is 4.74 Å². The van der Waals surface area contributed by atoms with Crippen LogP contribution in [0.4, 0.5) is 4.79 Å². The number of likely N-dealkylation sites (N-methyl/N-ethyl adjacent to an activating group) is 1. The van der Waals surface area contributed by atoms with Crippen molar-refractivity contribution < 1.29 is 9.53 Å². The molecule has 1 amide bonds. The predicted molar refractivity (Wildman–Crippen MR) is 38.7 cm³/mol. The highest BCUT2D eigenvalue weighted by Gasteiger charge is 2.13. The lowest BCUT2D eigenvalue weighted by Gasteiger charge is -2.21. The zero-order chi connectivity index (χ0) is 8.15. The zero-order valence-electron chi connectivity index (χ0n) is 6.63. The molecule has 0 saturated heterocycles. The van der Waals surface area contributed by atoms with Crippen LogP contribution >= 0.6 is 0 Å². The van der Waals surface area contributed by atoms with Gasteiger partial charge in [0, 0.05) is 19.6 Å². The normalized spacial score (nSPS) is 12.4. The Bertz CT molecular complexity index is 116. The number of carbonyl (C=O) groups excluding carboxylic acids is 1. The fraction of sp³-hybridized carbons (Fsp3) is 0.833. The number of methoxy groups -OCH3 is 1. The van der Waals surface area contributed by atoms with Gasteiger partial charge in [-0.2, -0.15) is 0 Å². The molecule has 0 aromatic rings. The molecule has 1 atom stereocenters. The summed E-state index contributed by atoms with van der Waals surface area (Å²) in [6.45, 7) is 2.31. The number of hydrogen-bond acceptors (Lipinski definition) is 3. The van der Waals surface area contributed by atoms with E-state index in [1.165, 1.54) is 12.0 Å². The summed E-state index contributed by atoms with van der Waals surface area (Å²) < 4.78 is 4.47. The molecule has 0 aromatic heterocycles. The fourth-order valence-electron chi connectivity index (χ4n) is 0.482. The first-order chi connectivity index (χ1) is 4.63. The minimum absolute atomic E-state index is 0.0347. The van der Waals surface area contributed by atoms with E-state index in [1.54, 1.807) is 7.05 Å². The molecule has 4 nitrogen and oxygen atoms in total. The van der Waals surface area contributed by atoms with Crippen LogP contribution in [0, 0.1) is 0 Å². The van der Waals surface area contributed by atoms with Gasteiger partial charge in [-0.25, -0.2) is 4.79 Å². The minimum Gasteiger partial charge on any atom is -0.453 e. The van der Waals surface area contributed by atoms with E-state index in [0.717, 1.165) is 0 Å². The number of nitrogens with two attached hydrogens (primary N) is 1. The van der Waals surface area contributed by atoms with Crippen molar-refractivity contribution >= 4 is 6.09 Å². The molecule has 0 spiro atoms. The third-order valence-electron chi connectivity index (χ3n) is 1.46. The second-order valence-corrected chi connectivity index (χ2v) is 2.17. The van der Waals surface area contributed by atoms with Crippen molar-refractivity contribution in [2.24, 2.45) is 5.73 Å². The topological polar surface area (TPSA) is 55.6 Å². The van der Waals surface area contributed by atoms with Crippen LogP contribution in [0.3, 0.4) is 0 Å². The van der Waals surface area contributed by atoms with Crippen molar-refractivity contribution in [3.05, 3.63) is 0 Å². The Balaban J connectivity index is 3.81. The average molecular weight is 146 g/mol. The molecule has 0 heterocycles. The first kappa shape index (κ1) is 9.23. The number of rotatable bonds is 2. The Labute approximate surface area is 60.9 Å².